The third-order valence-corrected chi connectivity index (χ3v) is 8.23. The molecule has 3 N–H and O–H groups in total. The highest BCUT2D eigenvalue weighted by atomic mass is 79.9. The number of nitrogens with one attached hydrogen (secondary N) is 3. The van der Waals surface area contributed by atoms with Crippen molar-refractivity contribution in [3.05, 3.63) is 92.7 Å². The Morgan fingerprint density at radius 1 is 1.20 bits per heavy atom. The van der Waals surface area contributed by atoms with E-state index in [1.165, 1.54) is 0 Å². The average molecular weight is 626 g/mol. The summed E-state index contributed by atoms with van der Waals surface area (Å²) in [5.74, 6) is -1.79. The molecule has 1 saturated heterocycles. The summed E-state index contributed by atoms with van der Waals surface area (Å²) in [5.41, 5.74) is 0.751. The van der Waals surface area contributed by atoms with E-state index in [1.54, 1.807) is 60.7 Å². The molecule has 5 rings (SSSR count). The van der Waals surface area contributed by atoms with Gasteiger partial charge in [0.05, 0.1) is 22.0 Å². The maximum Gasteiger partial charge on any atom is 0.413 e. The van der Waals surface area contributed by atoms with Gasteiger partial charge in [0.2, 0.25) is 5.91 Å². The lowest BCUT2D eigenvalue weighted by atomic mass is 9.63. The molecule has 0 bridgehead atoms. The largest absolute Gasteiger partial charge is 0.429 e. The van der Waals surface area contributed by atoms with Crippen LogP contribution >= 0.6 is 27.5 Å². The highest BCUT2D eigenvalue weighted by molar-refractivity contribution is 9.10. The second-order valence-electron chi connectivity index (χ2n) is 11.3. The number of halogens is 3. The molecule has 2 aliphatic heterocycles. The summed E-state index contributed by atoms with van der Waals surface area (Å²) in [7, 11) is 0. The van der Waals surface area contributed by atoms with Crippen molar-refractivity contribution in [2.75, 3.05) is 10.6 Å². The molecule has 10 heteroatoms. The van der Waals surface area contributed by atoms with E-state index in [4.69, 9.17) is 21.6 Å². The van der Waals surface area contributed by atoms with Gasteiger partial charge in [-0.2, -0.15) is 5.26 Å². The number of ether oxygens (including phenoxy) is 1. The molecule has 4 atom stereocenters. The van der Waals surface area contributed by atoms with E-state index in [-0.39, 0.29) is 21.4 Å². The zero-order valence-electron chi connectivity index (χ0n) is 22.0. The third kappa shape index (κ3) is 4.96. The van der Waals surface area contributed by atoms with Gasteiger partial charge >= 0.3 is 6.09 Å². The van der Waals surface area contributed by atoms with Crippen LogP contribution in [0.3, 0.4) is 0 Å². The van der Waals surface area contributed by atoms with Crippen molar-refractivity contribution in [3.8, 4) is 6.07 Å². The standard InChI is InChI=1S/C30H27BrClFN4O3/c1-29(2,3)14-23-30(20-12-9-17(32)13-22(20)36-27(30)38)24(19-5-4-6-21(31)25(19)33)26(37-23)40-28(39)35-18-10-7-16(15-34)8-11-18/h4-13,23-24,26,37H,14H2,1-3H3,(H,35,39)(H,36,38)/t23-,24-,26+,30+/m0/s1. The van der Waals surface area contributed by atoms with Crippen molar-refractivity contribution in [1.29, 1.82) is 5.26 Å². The first-order valence-corrected chi connectivity index (χ1v) is 13.9. The number of hydrogen-bond acceptors (Lipinski definition) is 5. The number of nitrogens with zero attached hydrogens (tertiary/aromatic N) is 1. The van der Waals surface area contributed by atoms with Crippen LogP contribution in [0.2, 0.25) is 5.02 Å². The first-order chi connectivity index (χ1) is 18.9. The number of rotatable bonds is 4. The molecule has 0 aliphatic carbocycles. The van der Waals surface area contributed by atoms with Crippen LogP contribution in [0, 0.1) is 22.6 Å². The predicted molar refractivity (Wildman–Crippen MR) is 155 cm³/mol. The Bertz CT molecular complexity index is 1540. The van der Waals surface area contributed by atoms with E-state index in [1.807, 2.05) is 6.07 Å². The SMILES string of the molecule is CC(C)(C)C[C@@H]1N[C@H](OC(=O)Nc2ccc(C#N)cc2)[C@H](c2cccc(Br)c2F)[C@]12C(=O)Nc1cc(Cl)ccc12. The molecule has 0 aromatic heterocycles. The van der Waals surface area contributed by atoms with Crippen molar-refractivity contribution in [3.63, 3.8) is 0 Å². The number of carbonyl (C=O) groups excluding carboxylic acids is 2. The fourth-order valence-corrected chi connectivity index (χ4v) is 6.41. The summed E-state index contributed by atoms with van der Waals surface area (Å²) in [4.78, 5) is 27.3. The van der Waals surface area contributed by atoms with Gasteiger partial charge in [-0.15, -0.1) is 0 Å². The Morgan fingerprint density at radius 2 is 1.93 bits per heavy atom. The second kappa shape index (κ2) is 10.5. The maximum atomic E-state index is 15.8. The van der Waals surface area contributed by atoms with E-state index in [2.05, 4.69) is 52.7 Å². The Kier molecular flexibility index (Phi) is 7.38. The zero-order valence-corrected chi connectivity index (χ0v) is 24.4. The van der Waals surface area contributed by atoms with Crippen LogP contribution in [0.5, 0.6) is 0 Å². The minimum absolute atomic E-state index is 0.229. The Morgan fingerprint density at radius 3 is 2.60 bits per heavy atom. The van der Waals surface area contributed by atoms with Gasteiger partial charge in [0, 0.05) is 22.4 Å². The van der Waals surface area contributed by atoms with E-state index >= 15 is 4.39 Å². The Labute approximate surface area is 245 Å². The summed E-state index contributed by atoms with van der Waals surface area (Å²) in [6, 6.07) is 17.9. The van der Waals surface area contributed by atoms with Gasteiger partial charge in [-0.25, -0.2) is 9.18 Å². The highest BCUT2D eigenvalue weighted by Crippen LogP contribution is 2.57. The fraction of sp³-hybridized carbons (Fsp3) is 0.300. The highest BCUT2D eigenvalue weighted by Gasteiger charge is 2.66. The Hall–Kier alpha value is -3.45. The van der Waals surface area contributed by atoms with Crippen LogP contribution < -0.4 is 16.0 Å². The third-order valence-electron chi connectivity index (χ3n) is 7.39. The van der Waals surface area contributed by atoms with Gasteiger partial charge in [-0.1, -0.05) is 50.6 Å². The molecule has 3 aromatic rings. The number of anilines is 2. The summed E-state index contributed by atoms with van der Waals surface area (Å²) in [6.45, 7) is 6.16. The molecule has 3 aromatic carbocycles. The molecule has 0 unspecified atom stereocenters. The van der Waals surface area contributed by atoms with Crippen LogP contribution in [0.1, 0.15) is 49.8 Å². The topological polar surface area (TPSA) is 103 Å². The van der Waals surface area contributed by atoms with Gasteiger partial charge in [0.1, 0.15) is 11.2 Å². The summed E-state index contributed by atoms with van der Waals surface area (Å²) in [5, 5.41) is 18.5. The van der Waals surface area contributed by atoms with Gasteiger partial charge in [0.15, 0.2) is 6.23 Å². The smallest absolute Gasteiger partial charge is 0.413 e. The van der Waals surface area contributed by atoms with Gasteiger partial charge < -0.3 is 10.1 Å². The summed E-state index contributed by atoms with van der Waals surface area (Å²) in [6.07, 6.45) is -1.34. The summed E-state index contributed by atoms with van der Waals surface area (Å²) < 4.78 is 22.0. The lowest BCUT2D eigenvalue weighted by Crippen LogP contribution is -2.49. The molecule has 1 fully saturated rings. The molecule has 2 aliphatic rings. The van der Waals surface area contributed by atoms with Gasteiger partial charge in [0.25, 0.3) is 0 Å². The van der Waals surface area contributed by atoms with Gasteiger partial charge in [-0.05, 0) is 81.4 Å². The van der Waals surface area contributed by atoms with Gasteiger partial charge in [-0.3, -0.25) is 15.4 Å². The van der Waals surface area contributed by atoms with Crippen LogP contribution in [0.25, 0.3) is 0 Å². The first-order valence-electron chi connectivity index (χ1n) is 12.7. The van der Waals surface area contributed by atoms with Crippen molar-refractivity contribution >= 4 is 50.9 Å². The quantitative estimate of drug-likeness (QED) is 0.288. The molecule has 0 radical (unpaired) electrons. The average Bonchev–Trinajstić information content (AvgIpc) is 3.34. The number of fused-ring (bicyclic) bond motifs is 2. The number of amides is 2. The first kappa shape index (κ1) is 28.1. The van der Waals surface area contributed by atoms with Crippen LogP contribution in [0.15, 0.2) is 65.1 Å². The molecular formula is C30H27BrClFN4O3. The number of hydrogen-bond donors (Lipinski definition) is 3. The molecule has 1 spiro atoms. The Balaban J connectivity index is 1.63. The molecule has 40 heavy (non-hydrogen) atoms. The fourth-order valence-electron chi connectivity index (χ4n) is 5.86. The van der Waals surface area contributed by atoms with Crippen LogP contribution in [-0.2, 0) is 14.9 Å². The maximum absolute atomic E-state index is 15.8. The van der Waals surface area contributed by atoms with Crippen molar-refractivity contribution in [2.24, 2.45) is 5.41 Å². The number of nitriles is 1. The number of benzene rings is 3. The minimum atomic E-state index is -1.31. The van der Waals surface area contributed by atoms with Crippen LogP contribution in [-0.4, -0.2) is 24.3 Å². The van der Waals surface area contributed by atoms with Crippen molar-refractivity contribution in [1.82, 2.24) is 5.32 Å². The van der Waals surface area contributed by atoms with Crippen molar-refractivity contribution in [2.45, 2.75) is 50.8 Å². The molecular weight excluding hydrogens is 599 g/mol. The monoisotopic (exact) mass is 624 g/mol. The van der Waals surface area contributed by atoms with E-state index in [9.17, 15) is 9.59 Å². The lowest BCUT2D eigenvalue weighted by Gasteiger charge is -2.37. The molecule has 2 amide bonds. The minimum Gasteiger partial charge on any atom is -0.429 e. The number of carbonyl (C=O) groups is 2. The zero-order chi connectivity index (χ0) is 28.8. The molecule has 2 heterocycles. The molecule has 0 saturated carbocycles. The van der Waals surface area contributed by atoms with E-state index in [0.717, 1.165) is 0 Å². The molecule has 206 valence electrons. The van der Waals surface area contributed by atoms with Crippen LogP contribution in [0.4, 0.5) is 20.6 Å². The lowest BCUT2D eigenvalue weighted by molar-refractivity contribution is -0.122. The normalized spacial score (nSPS) is 23.4. The summed E-state index contributed by atoms with van der Waals surface area (Å²) >= 11 is 9.55. The molecule has 7 nitrogen and oxygen atoms in total. The second-order valence-corrected chi connectivity index (χ2v) is 12.5. The van der Waals surface area contributed by atoms with E-state index < -0.39 is 35.5 Å². The van der Waals surface area contributed by atoms with E-state index in [0.29, 0.717) is 33.9 Å². The van der Waals surface area contributed by atoms with Crippen molar-refractivity contribution < 1.29 is 18.7 Å². The predicted octanol–water partition coefficient (Wildman–Crippen LogP) is 7.07.